The topological polar surface area (TPSA) is 99.1 Å². The van der Waals surface area contributed by atoms with E-state index in [0.717, 1.165) is 18.5 Å². The molecule has 0 bridgehead atoms. The van der Waals surface area contributed by atoms with E-state index in [2.05, 4.69) is 26.1 Å². The second-order valence-electron chi connectivity index (χ2n) is 7.02. The number of nitrogens with zero attached hydrogens (tertiary/aromatic N) is 1. The number of carbonyl (C=O) groups is 2. The number of nitrogens with one attached hydrogen (secondary N) is 1. The lowest BCUT2D eigenvalue weighted by Crippen LogP contribution is -2.42. The van der Waals surface area contributed by atoms with Crippen molar-refractivity contribution in [1.82, 2.24) is 10.2 Å². The monoisotopic (exact) mass is 406 g/mol. The average Bonchev–Trinajstić information content (AvgIpc) is 2.96. The maximum absolute atomic E-state index is 12.2. The number of aliphatic hydroxyl groups is 2. The van der Waals surface area contributed by atoms with Gasteiger partial charge in [0.1, 0.15) is 18.6 Å². The highest BCUT2D eigenvalue weighted by molar-refractivity contribution is 8.77. The van der Waals surface area contributed by atoms with E-state index in [4.69, 9.17) is 4.74 Å². The van der Waals surface area contributed by atoms with E-state index in [1.165, 1.54) is 18.1 Å². The van der Waals surface area contributed by atoms with Gasteiger partial charge in [0.15, 0.2) is 0 Å². The molecule has 7 nitrogen and oxygen atoms in total. The van der Waals surface area contributed by atoms with Gasteiger partial charge < -0.3 is 20.3 Å². The van der Waals surface area contributed by atoms with Gasteiger partial charge in [-0.15, -0.1) is 0 Å². The van der Waals surface area contributed by atoms with Crippen molar-refractivity contribution >= 4 is 33.9 Å². The van der Waals surface area contributed by atoms with Crippen LogP contribution in [0.25, 0.3) is 0 Å². The van der Waals surface area contributed by atoms with Gasteiger partial charge in [-0.2, -0.15) is 0 Å². The molecule has 2 amide bonds. The first kappa shape index (κ1) is 23.3. The van der Waals surface area contributed by atoms with Crippen LogP contribution in [-0.4, -0.2) is 70.0 Å². The van der Waals surface area contributed by atoms with E-state index in [1.807, 2.05) is 0 Å². The lowest BCUT2D eigenvalue weighted by Gasteiger charge is -2.25. The molecular formula is C17H30N2O5S2. The molecule has 1 aliphatic rings. The van der Waals surface area contributed by atoms with Gasteiger partial charge in [0, 0.05) is 35.7 Å². The smallest absolute Gasteiger partial charge is 0.323 e. The van der Waals surface area contributed by atoms with Gasteiger partial charge in [-0.1, -0.05) is 42.4 Å². The zero-order valence-corrected chi connectivity index (χ0v) is 17.4. The molecule has 0 aliphatic carbocycles. The van der Waals surface area contributed by atoms with Crippen LogP contribution in [0.2, 0.25) is 0 Å². The Morgan fingerprint density at radius 2 is 2.12 bits per heavy atom. The van der Waals surface area contributed by atoms with E-state index in [9.17, 15) is 19.8 Å². The molecule has 0 radical (unpaired) electrons. The van der Waals surface area contributed by atoms with Crippen LogP contribution in [0.4, 0.5) is 4.79 Å². The Morgan fingerprint density at radius 3 is 2.62 bits per heavy atom. The molecule has 26 heavy (non-hydrogen) atoms. The summed E-state index contributed by atoms with van der Waals surface area (Å²) >= 11 is 0. The summed E-state index contributed by atoms with van der Waals surface area (Å²) in [5.41, 5.74) is 0.487. The summed E-state index contributed by atoms with van der Waals surface area (Å²) in [5, 5.41) is 21.6. The molecule has 0 spiro atoms. The van der Waals surface area contributed by atoms with Crippen LogP contribution in [-0.2, 0) is 9.53 Å². The van der Waals surface area contributed by atoms with Gasteiger partial charge >= 0.3 is 6.03 Å². The molecule has 9 heteroatoms. The van der Waals surface area contributed by atoms with Crippen molar-refractivity contribution < 1.29 is 24.5 Å². The van der Waals surface area contributed by atoms with Gasteiger partial charge in [0.2, 0.25) is 0 Å². The summed E-state index contributed by atoms with van der Waals surface area (Å²) < 4.78 is 5.72. The molecule has 1 rings (SSSR count). The molecule has 1 aliphatic heterocycles. The third kappa shape index (κ3) is 7.87. The van der Waals surface area contributed by atoms with Crippen LogP contribution in [0.15, 0.2) is 11.8 Å². The number of ether oxygens (including phenoxy) is 1. The fourth-order valence-corrected chi connectivity index (χ4v) is 4.70. The van der Waals surface area contributed by atoms with E-state index in [-0.39, 0.29) is 17.8 Å². The Bertz CT molecular complexity index is 496. The minimum atomic E-state index is -0.851. The van der Waals surface area contributed by atoms with Gasteiger partial charge in [0.05, 0.1) is 12.7 Å². The molecule has 1 saturated heterocycles. The molecule has 0 aromatic carbocycles. The van der Waals surface area contributed by atoms with Crippen molar-refractivity contribution in [3.05, 3.63) is 11.8 Å². The van der Waals surface area contributed by atoms with E-state index in [0.29, 0.717) is 12.0 Å². The van der Waals surface area contributed by atoms with Gasteiger partial charge in [-0.05, 0) is 12.8 Å². The SMILES string of the molecule is CNC(=O)N(/C=C(\C=O)CCCSSC(C)(C)C)[C@H]1C[C@H](O)[C@@H](CO)O1. The number of hydrogen-bond donors (Lipinski definition) is 3. The highest BCUT2D eigenvalue weighted by atomic mass is 33.1. The fraction of sp³-hybridized carbons (Fsp3) is 0.765. The Kier molecular flexibility index (Phi) is 10.0. The van der Waals surface area contributed by atoms with E-state index >= 15 is 0 Å². The highest BCUT2D eigenvalue weighted by Crippen LogP contribution is 2.35. The second kappa shape index (κ2) is 11.2. The molecule has 1 fully saturated rings. The minimum absolute atomic E-state index is 0.180. The predicted octanol–water partition coefficient (Wildman–Crippen LogP) is 2.14. The maximum atomic E-state index is 12.2. The summed E-state index contributed by atoms with van der Waals surface area (Å²) in [6.45, 7) is 6.13. The zero-order chi connectivity index (χ0) is 19.7. The number of urea groups is 1. The van der Waals surface area contributed by atoms with E-state index < -0.39 is 24.5 Å². The largest absolute Gasteiger partial charge is 0.394 e. The first-order valence-corrected chi connectivity index (χ1v) is 10.9. The lowest BCUT2D eigenvalue weighted by molar-refractivity contribution is -0.105. The zero-order valence-electron chi connectivity index (χ0n) is 15.8. The summed E-state index contributed by atoms with van der Waals surface area (Å²) in [5.74, 6) is 0.901. The molecule has 3 atom stereocenters. The van der Waals surface area contributed by atoms with Crippen LogP contribution in [0.3, 0.4) is 0 Å². The fourth-order valence-electron chi connectivity index (χ4n) is 2.34. The standard InChI is InChI=1S/C17H30N2O5S2/c1-17(2,3)26-25-7-5-6-12(10-20)9-19(16(23)18-4)15-8-13(22)14(11-21)24-15/h9-10,13-15,21-22H,5-8,11H2,1-4H3,(H,18,23)/b12-9-/t13-,14+,15+/m0/s1. The second-order valence-corrected chi connectivity index (χ2v) is 10.3. The molecular weight excluding hydrogens is 376 g/mol. The predicted molar refractivity (Wildman–Crippen MR) is 106 cm³/mol. The van der Waals surface area contributed by atoms with Crippen LogP contribution >= 0.6 is 21.6 Å². The third-order valence-electron chi connectivity index (χ3n) is 3.60. The molecule has 0 aromatic heterocycles. The summed E-state index contributed by atoms with van der Waals surface area (Å²) in [6, 6.07) is -0.433. The van der Waals surface area contributed by atoms with Crippen LogP contribution in [0.1, 0.15) is 40.0 Å². The number of aliphatic hydroxyl groups excluding tert-OH is 2. The molecule has 3 N–H and O–H groups in total. The quantitative estimate of drug-likeness (QED) is 0.233. The Morgan fingerprint density at radius 1 is 1.42 bits per heavy atom. The van der Waals surface area contributed by atoms with Crippen LogP contribution in [0.5, 0.6) is 0 Å². The molecule has 0 unspecified atom stereocenters. The normalized spacial score (nSPS) is 23.8. The number of carbonyl (C=O) groups excluding carboxylic acids is 2. The van der Waals surface area contributed by atoms with Crippen LogP contribution in [0, 0.1) is 0 Å². The van der Waals surface area contributed by atoms with Gasteiger partial charge in [-0.25, -0.2) is 4.79 Å². The Labute approximate surface area is 163 Å². The summed E-state index contributed by atoms with van der Waals surface area (Å²) in [4.78, 5) is 24.8. The van der Waals surface area contributed by atoms with Crippen molar-refractivity contribution in [3.8, 4) is 0 Å². The molecule has 0 saturated carbocycles. The number of rotatable bonds is 9. The van der Waals surface area contributed by atoms with Gasteiger partial charge in [-0.3, -0.25) is 9.69 Å². The summed E-state index contributed by atoms with van der Waals surface area (Å²) in [7, 11) is 5.05. The van der Waals surface area contributed by atoms with Crippen molar-refractivity contribution in [2.45, 2.75) is 63.2 Å². The van der Waals surface area contributed by atoms with E-state index in [1.54, 1.807) is 21.6 Å². The molecule has 0 aromatic rings. The number of allylic oxidation sites excluding steroid dienone is 1. The molecule has 150 valence electrons. The van der Waals surface area contributed by atoms with Crippen LogP contribution < -0.4 is 5.32 Å². The average molecular weight is 407 g/mol. The van der Waals surface area contributed by atoms with Crippen molar-refractivity contribution in [2.24, 2.45) is 0 Å². The highest BCUT2D eigenvalue weighted by Gasteiger charge is 2.38. The Hall–Kier alpha value is -0.740. The minimum Gasteiger partial charge on any atom is -0.394 e. The van der Waals surface area contributed by atoms with Crippen molar-refractivity contribution in [3.63, 3.8) is 0 Å². The van der Waals surface area contributed by atoms with Crippen molar-refractivity contribution in [1.29, 1.82) is 0 Å². The lowest BCUT2D eigenvalue weighted by atomic mass is 10.1. The number of amides is 2. The first-order valence-electron chi connectivity index (χ1n) is 8.62. The first-order chi connectivity index (χ1) is 12.2. The molecule has 1 heterocycles. The Balaban J connectivity index is 2.67. The maximum Gasteiger partial charge on any atom is 0.323 e. The summed E-state index contributed by atoms with van der Waals surface area (Å²) in [6.07, 6.45) is 1.46. The van der Waals surface area contributed by atoms with Crippen molar-refractivity contribution in [2.75, 3.05) is 19.4 Å². The number of aldehydes is 1. The number of hydrogen-bond acceptors (Lipinski definition) is 7. The van der Waals surface area contributed by atoms with Gasteiger partial charge in [0.25, 0.3) is 0 Å². The third-order valence-corrected chi connectivity index (χ3v) is 7.03.